The van der Waals surface area contributed by atoms with Crippen molar-refractivity contribution >= 4 is 18.0 Å². The van der Waals surface area contributed by atoms with Gasteiger partial charge >= 0.3 is 12.2 Å². The van der Waals surface area contributed by atoms with Crippen LogP contribution in [-0.4, -0.2) is 38.4 Å². The van der Waals surface area contributed by atoms with Crippen LogP contribution in [0, 0.1) is 5.41 Å². The molecule has 0 saturated heterocycles. The zero-order chi connectivity index (χ0) is 13.1. The van der Waals surface area contributed by atoms with Gasteiger partial charge in [0.15, 0.2) is 0 Å². The van der Waals surface area contributed by atoms with Crippen molar-refractivity contribution in [3.05, 3.63) is 18.0 Å². The van der Waals surface area contributed by atoms with Crippen LogP contribution in [0.15, 0.2) is 12.3 Å². The Kier molecular flexibility index (Phi) is 8.63. The van der Waals surface area contributed by atoms with E-state index in [9.17, 15) is 0 Å². The highest BCUT2D eigenvalue weighted by molar-refractivity contribution is 5.92. The number of nitrogens with one attached hydrogen (secondary N) is 2. The molecule has 10 heteroatoms. The van der Waals surface area contributed by atoms with E-state index in [1.807, 2.05) is 0 Å². The van der Waals surface area contributed by atoms with Gasteiger partial charge in [-0.05, 0) is 6.07 Å². The summed E-state index contributed by atoms with van der Waals surface area (Å²) in [6, 6.07) is 1.64. The molecular formula is C6H12N6O4. The number of nitrogens with two attached hydrogens (primary N) is 3. The van der Waals surface area contributed by atoms with Crippen molar-refractivity contribution in [3.63, 3.8) is 0 Å². The third kappa shape index (κ3) is 17.3. The van der Waals surface area contributed by atoms with Gasteiger partial charge in [-0.25, -0.2) is 9.59 Å². The number of hydrogen-bond donors (Lipinski definition) is 7. The van der Waals surface area contributed by atoms with Crippen molar-refractivity contribution in [1.29, 1.82) is 5.41 Å². The molecule has 16 heavy (non-hydrogen) atoms. The average Bonchev–Trinajstić information content (AvgIpc) is 2.52. The highest BCUT2D eigenvalue weighted by atomic mass is 16.4. The van der Waals surface area contributed by atoms with Gasteiger partial charge in [-0.2, -0.15) is 5.10 Å². The van der Waals surface area contributed by atoms with Crippen LogP contribution in [0.5, 0.6) is 0 Å². The molecule has 0 aliphatic carbocycles. The Hall–Kier alpha value is -2.78. The van der Waals surface area contributed by atoms with Gasteiger partial charge in [0, 0.05) is 6.20 Å². The van der Waals surface area contributed by atoms with Gasteiger partial charge in [-0.3, -0.25) is 10.5 Å². The number of amides is 2. The molecule has 0 unspecified atom stereocenters. The van der Waals surface area contributed by atoms with Crippen molar-refractivity contribution in [2.45, 2.75) is 0 Å². The zero-order valence-corrected chi connectivity index (χ0v) is 8.04. The molecule has 0 radical (unpaired) electrons. The Bertz CT molecular complexity index is 315. The number of carboxylic acid groups (broad SMARTS) is 2. The number of H-pyrrole nitrogens is 1. The van der Waals surface area contributed by atoms with E-state index in [0.717, 1.165) is 0 Å². The SMILES string of the molecule is N=C(N)c1ccn[nH]1.NC(=O)O.NC(=O)O. The minimum Gasteiger partial charge on any atom is -0.465 e. The first-order chi connectivity index (χ1) is 7.27. The van der Waals surface area contributed by atoms with Crippen LogP contribution in [0.3, 0.4) is 0 Å². The lowest BCUT2D eigenvalue weighted by atomic mass is 10.4. The molecule has 1 rings (SSSR count). The summed E-state index contributed by atoms with van der Waals surface area (Å²) in [5, 5.41) is 27.4. The predicted molar refractivity (Wildman–Crippen MR) is 54.0 cm³/mol. The number of nitrogens with zero attached hydrogens (tertiary/aromatic N) is 1. The number of nitrogen functional groups attached to an aromatic ring is 1. The summed E-state index contributed by atoms with van der Waals surface area (Å²) in [6.45, 7) is 0. The molecule has 1 aromatic heterocycles. The van der Waals surface area contributed by atoms with Gasteiger partial charge < -0.3 is 27.4 Å². The Morgan fingerprint density at radius 1 is 1.25 bits per heavy atom. The van der Waals surface area contributed by atoms with Crippen molar-refractivity contribution in [2.75, 3.05) is 0 Å². The summed E-state index contributed by atoms with van der Waals surface area (Å²) in [4.78, 5) is 17.6. The molecule has 0 aliphatic rings. The quantitative estimate of drug-likeness (QED) is 0.237. The smallest absolute Gasteiger partial charge is 0.402 e. The largest absolute Gasteiger partial charge is 0.465 e. The fourth-order valence-corrected chi connectivity index (χ4v) is 0.406. The number of aromatic amines is 1. The van der Waals surface area contributed by atoms with Crippen LogP contribution >= 0.6 is 0 Å². The first-order valence-electron chi connectivity index (χ1n) is 3.58. The third-order valence-electron chi connectivity index (χ3n) is 0.791. The first kappa shape index (κ1) is 15.7. The summed E-state index contributed by atoms with van der Waals surface area (Å²) in [5.74, 6) is 0.0162. The summed E-state index contributed by atoms with van der Waals surface area (Å²) in [6.07, 6.45) is -1.11. The molecular weight excluding hydrogens is 220 g/mol. The van der Waals surface area contributed by atoms with Crippen LogP contribution in [0.4, 0.5) is 9.59 Å². The highest BCUT2D eigenvalue weighted by Crippen LogP contribution is 1.85. The normalized spacial score (nSPS) is 7.50. The Morgan fingerprint density at radius 2 is 1.62 bits per heavy atom. The zero-order valence-electron chi connectivity index (χ0n) is 8.04. The molecule has 0 aromatic carbocycles. The van der Waals surface area contributed by atoms with E-state index in [2.05, 4.69) is 21.7 Å². The minimum atomic E-state index is -1.33. The predicted octanol–water partition coefficient (Wildman–Crippen LogP) is -1.06. The Labute approximate surface area is 89.6 Å². The van der Waals surface area contributed by atoms with E-state index >= 15 is 0 Å². The lowest BCUT2D eigenvalue weighted by Gasteiger charge is -1.85. The Morgan fingerprint density at radius 3 is 1.75 bits per heavy atom. The molecule has 10 nitrogen and oxygen atoms in total. The van der Waals surface area contributed by atoms with Gasteiger partial charge in [-0.15, -0.1) is 0 Å². The molecule has 2 amide bonds. The number of amidine groups is 1. The van der Waals surface area contributed by atoms with Crippen LogP contribution < -0.4 is 17.2 Å². The fourth-order valence-electron chi connectivity index (χ4n) is 0.406. The monoisotopic (exact) mass is 232 g/mol. The number of rotatable bonds is 1. The van der Waals surface area contributed by atoms with E-state index in [1.165, 1.54) is 0 Å². The van der Waals surface area contributed by atoms with Crippen LogP contribution in [0.2, 0.25) is 0 Å². The molecule has 0 atom stereocenters. The lowest BCUT2D eigenvalue weighted by molar-refractivity contribution is 0.204. The van der Waals surface area contributed by atoms with E-state index in [0.29, 0.717) is 5.69 Å². The second-order valence-corrected chi connectivity index (χ2v) is 2.06. The van der Waals surface area contributed by atoms with Crippen molar-refractivity contribution in [3.8, 4) is 0 Å². The number of aromatic nitrogens is 2. The number of hydrogen-bond acceptors (Lipinski definition) is 4. The van der Waals surface area contributed by atoms with Crippen LogP contribution in [0.1, 0.15) is 5.69 Å². The Balaban J connectivity index is 0. The van der Waals surface area contributed by atoms with Gasteiger partial charge in [0.25, 0.3) is 0 Å². The molecule has 1 aromatic rings. The number of primary amides is 2. The van der Waals surface area contributed by atoms with E-state index in [1.54, 1.807) is 12.3 Å². The molecule has 1 heterocycles. The average molecular weight is 232 g/mol. The lowest BCUT2D eigenvalue weighted by Crippen LogP contribution is -2.11. The minimum absolute atomic E-state index is 0.0162. The molecule has 0 aliphatic heterocycles. The molecule has 0 bridgehead atoms. The highest BCUT2D eigenvalue weighted by Gasteiger charge is 1.92. The maximum absolute atomic E-state index is 8.78. The fraction of sp³-hybridized carbons (Fsp3) is 0. The third-order valence-corrected chi connectivity index (χ3v) is 0.791. The van der Waals surface area contributed by atoms with Gasteiger partial charge in [0.1, 0.15) is 5.84 Å². The van der Waals surface area contributed by atoms with E-state index < -0.39 is 12.2 Å². The summed E-state index contributed by atoms with van der Waals surface area (Å²) >= 11 is 0. The van der Waals surface area contributed by atoms with Crippen molar-refractivity contribution in [1.82, 2.24) is 10.2 Å². The van der Waals surface area contributed by atoms with Gasteiger partial charge in [0.05, 0.1) is 5.69 Å². The van der Waals surface area contributed by atoms with Gasteiger partial charge in [0.2, 0.25) is 0 Å². The summed E-state index contributed by atoms with van der Waals surface area (Å²) in [5.41, 5.74) is 13.7. The van der Waals surface area contributed by atoms with Crippen molar-refractivity contribution < 1.29 is 19.8 Å². The summed E-state index contributed by atoms with van der Waals surface area (Å²) < 4.78 is 0. The van der Waals surface area contributed by atoms with Crippen LogP contribution in [0.25, 0.3) is 0 Å². The maximum Gasteiger partial charge on any atom is 0.402 e. The molecule has 0 saturated carbocycles. The van der Waals surface area contributed by atoms with E-state index in [-0.39, 0.29) is 5.84 Å². The second kappa shape index (κ2) is 8.80. The molecule has 0 spiro atoms. The van der Waals surface area contributed by atoms with Crippen molar-refractivity contribution in [2.24, 2.45) is 17.2 Å². The van der Waals surface area contributed by atoms with E-state index in [4.69, 9.17) is 30.9 Å². The first-order valence-corrected chi connectivity index (χ1v) is 3.58. The molecule has 90 valence electrons. The molecule has 0 fully saturated rings. The second-order valence-electron chi connectivity index (χ2n) is 2.06. The maximum atomic E-state index is 8.78. The molecule has 10 N–H and O–H groups in total. The standard InChI is InChI=1S/C4H6N4.2CH3NO2/c5-4(6)3-1-2-7-8-3;2*2-1(3)4/h1-2H,(H3,5,6)(H,7,8);2*2H2,(H,3,4). The van der Waals surface area contributed by atoms with Crippen LogP contribution in [-0.2, 0) is 0 Å². The topological polar surface area (TPSA) is 205 Å². The number of carbonyl (C=O) groups is 2. The summed E-state index contributed by atoms with van der Waals surface area (Å²) in [7, 11) is 0. The van der Waals surface area contributed by atoms with Gasteiger partial charge in [-0.1, -0.05) is 0 Å².